The first-order chi connectivity index (χ1) is 8.07. The summed E-state index contributed by atoms with van der Waals surface area (Å²) in [6, 6.07) is 3.74. The van der Waals surface area contributed by atoms with Gasteiger partial charge in [0.25, 0.3) is 0 Å². The maximum Gasteiger partial charge on any atom is 0.227 e. The number of nitrogens with two attached hydrogens (primary N) is 1. The number of pyridine rings is 1. The molecule has 3 N–H and O–H groups in total. The van der Waals surface area contributed by atoms with Gasteiger partial charge in [0.05, 0.1) is 0 Å². The Morgan fingerprint density at radius 1 is 1.47 bits per heavy atom. The lowest BCUT2D eigenvalue weighted by Gasteiger charge is -2.22. The van der Waals surface area contributed by atoms with Gasteiger partial charge in [0.2, 0.25) is 5.91 Å². The topological polar surface area (TPSA) is 68.0 Å². The van der Waals surface area contributed by atoms with Gasteiger partial charge in [-0.3, -0.25) is 4.79 Å². The number of nitrogens with one attached hydrogen (secondary N) is 1. The fourth-order valence-electron chi connectivity index (χ4n) is 2.30. The molecule has 0 aliphatic heterocycles. The van der Waals surface area contributed by atoms with E-state index in [1.165, 1.54) is 0 Å². The van der Waals surface area contributed by atoms with Crippen LogP contribution in [0.15, 0.2) is 18.3 Å². The fraction of sp³-hybridized carbons (Fsp3) is 0.538. The van der Waals surface area contributed by atoms with E-state index in [1.807, 2.05) is 19.1 Å². The van der Waals surface area contributed by atoms with Gasteiger partial charge in [-0.15, -0.1) is 0 Å². The molecule has 1 fully saturated rings. The van der Waals surface area contributed by atoms with Crippen molar-refractivity contribution in [1.29, 1.82) is 0 Å². The summed E-state index contributed by atoms with van der Waals surface area (Å²) in [5.41, 5.74) is 6.94. The molecule has 0 aromatic carbocycles. The highest BCUT2D eigenvalue weighted by Crippen LogP contribution is 2.30. The highest BCUT2D eigenvalue weighted by molar-refractivity contribution is 5.90. The van der Waals surface area contributed by atoms with Gasteiger partial charge in [-0.25, -0.2) is 4.98 Å². The van der Waals surface area contributed by atoms with Crippen LogP contribution >= 0.6 is 0 Å². The van der Waals surface area contributed by atoms with Gasteiger partial charge in [-0.05, 0) is 31.4 Å². The Balaban J connectivity index is 1.91. The Hall–Kier alpha value is -1.42. The molecule has 1 aliphatic carbocycles. The molecule has 1 amide bonds. The van der Waals surface area contributed by atoms with Crippen molar-refractivity contribution in [3.63, 3.8) is 0 Å². The van der Waals surface area contributed by atoms with Crippen LogP contribution in [0.3, 0.4) is 0 Å². The van der Waals surface area contributed by atoms with E-state index in [0.717, 1.165) is 31.2 Å². The molecule has 0 radical (unpaired) electrons. The number of hydrogen-bond acceptors (Lipinski definition) is 3. The van der Waals surface area contributed by atoms with E-state index < -0.39 is 0 Å². The number of carbonyl (C=O) groups excluding carboxylic acids is 1. The SMILES string of the molecule is Cc1ccc(NC(=O)CC2(N)CCCC2)nc1. The molecule has 0 unspecified atom stereocenters. The average molecular weight is 233 g/mol. The molecule has 4 nitrogen and oxygen atoms in total. The van der Waals surface area contributed by atoms with E-state index in [2.05, 4.69) is 10.3 Å². The lowest BCUT2D eigenvalue weighted by Crippen LogP contribution is -2.40. The summed E-state index contributed by atoms with van der Waals surface area (Å²) < 4.78 is 0. The third-order valence-corrected chi connectivity index (χ3v) is 3.29. The maximum atomic E-state index is 11.8. The number of rotatable bonds is 3. The van der Waals surface area contributed by atoms with Crippen LogP contribution in [0.5, 0.6) is 0 Å². The van der Waals surface area contributed by atoms with Gasteiger partial charge in [-0.1, -0.05) is 18.9 Å². The van der Waals surface area contributed by atoms with Crippen LogP contribution in [0.4, 0.5) is 5.82 Å². The Labute approximate surface area is 102 Å². The van der Waals surface area contributed by atoms with Crippen LogP contribution in [0.2, 0.25) is 0 Å². The normalized spacial score (nSPS) is 18.0. The van der Waals surface area contributed by atoms with Gasteiger partial charge in [0, 0.05) is 18.2 Å². The molecule has 92 valence electrons. The van der Waals surface area contributed by atoms with Crippen LogP contribution in [-0.4, -0.2) is 16.4 Å². The molecule has 1 heterocycles. The average Bonchev–Trinajstić information content (AvgIpc) is 2.68. The van der Waals surface area contributed by atoms with Crippen LogP contribution < -0.4 is 11.1 Å². The van der Waals surface area contributed by atoms with Crippen LogP contribution in [0.25, 0.3) is 0 Å². The van der Waals surface area contributed by atoms with Crippen molar-refractivity contribution in [3.8, 4) is 0 Å². The highest BCUT2D eigenvalue weighted by atomic mass is 16.1. The summed E-state index contributed by atoms with van der Waals surface area (Å²) in [6.45, 7) is 1.96. The summed E-state index contributed by atoms with van der Waals surface area (Å²) in [7, 11) is 0. The van der Waals surface area contributed by atoms with Crippen molar-refractivity contribution in [3.05, 3.63) is 23.9 Å². The molecule has 0 bridgehead atoms. The smallest absolute Gasteiger partial charge is 0.227 e. The first kappa shape index (κ1) is 12.0. The van der Waals surface area contributed by atoms with Crippen molar-refractivity contribution in [1.82, 2.24) is 4.98 Å². The quantitative estimate of drug-likeness (QED) is 0.839. The predicted molar refractivity (Wildman–Crippen MR) is 67.6 cm³/mol. The first-order valence-electron chi connectivity index (χ1n) is 6.09. The summed E-state index contributed by atoms with van der Waals surface area (Å²) in [5.74, 6) is 0.563. The van der Waals surface area contributed by atoms with Gasteiger partial charge in [0.1, 0.15) is 5.82 Å². The minimum Gasteiger partial charge on any atom is -0.325 e. The largest absolute Gasteiger partial charge is 0.325 e. The van der Waals surface area contributed by atoms with E-state index in [0.29, 0.717) is 12.2 Å². The zero-order valence-electron chi connectivity index (χ0n) is 10.2. The molecule has 2 rings (SSSR count). The number of carbonyl (C=O) groups is 1. The second-order valence-corrected chi connectivity index (χ2v) is 5.02. The Bertz CT molecular complexity index is 394. The van der Waals surface area contributed by atoms with Gasteiger partial charge >= 0.3 is 0 Å². The number of aryl methyl sites for hydroxylation is 1. The summed E-state index contributed by atoms with van der Waals surface area (Å²) in [4.78, 5) is 16.0. The Morgan fingerprint density at radius 3 is 2.76 bits per heavy atom. The second-order valence-electron chi connectivity index (χ2n) is 5.02. The number of amides is 1. The van der Waals surface area contributed by atoms with E-state index in [4.69, 9.17) is 5.73 Å². The van der Waals surface area contributed by atoms with Gasteiger partial charge < -0.3 is 11.1 Å². The summed E-state index contributed by atoms with van der Waals surface area (Å²) >= 11 is 0. The number of nitrogens with zero attached hydrogens (tertiary/aromatic N) is 1. The number of hydrogen-bond donors (Lipinski definition) is 2. The third kappa shape index (κ3) is 3.27. The molecular formula is C13H19N3O. The van der Waals surface area contributed by atoms with Crippen LogP contribution in [-0.2, 0) is 4.79 Å². The fourth-order valence-corrected chi connectivity index (χ4v) is 2.30. The van der Waals surface area contributed by atoms with Crippen molar-refractivity contribution in [2.24, 2.45) is 5.73 Å². The van der Waals surface area contributed by atoms with Crippen molar-refractivity contribution in [2.75, 3.05) is 5.32 Å². The molecule has 1 aliphatic rings. The third-order valence-electron chi connectivity index (χ3n) is 3.29. The standard InChI is InChI=1S/C13H19N3O/c1-10-4-5-11(15-9-10)16-12(17)8-13(14)6-2-3-7-13/h4-5,9H,2-3,6-8,14H2,1H3,(H,15,16,17). The van der Waals surface area contributed by atoms with Crippen LogP contribution in [0.1, 0.15) is 37.7 Å². The van der Waals surface area contributed by atoms with Crippen LogP contribution in [0, 0.1) is 6.92 Å². The molecular weight excluding hydrogens is 214 g/mol. The second kappa shape index (κ2) is 4.84. The zero-order valence-corrected chi connectivity index (χ0v) is 10.2. The van der Waals surface area contributed by atoms with E-state index in [1.54, 1.807) is 6.20 Å². The van der Waals surface area contributed by atoms with E-state index >= 15 is 0 Å². The molecule has 17 heavy (non-hydrogen) atoms. The molecule has 1 aromatic heterocycles. The highest BCUT2D eigenvalue weighted by Gasteiger charge is 2.31. The summed E-state index contributed by atoms with van der Waals surface area (Å²) in [5, 5.41) is 2.79. The number of anilines is 1. The maximum absolute atomic E-state index is 11.8. The summed E-state index contributed by atoms with van der Waals surface area (Å²) in [6.07, 6.45) is 6.29. The zero-order chi connectivity index (χ0) is 12.3. The lowest BCUT2D eigenvalue weighted by atomic mass is 9.94. The number of aromatic nitrogens is 1. The molecule has 0 saturated heterocycles. The molecule has 0 spiro atoms. The van der Waals surface area contributed by atoms with Crippen molar-refractivity contribution >= 4 is 11.7 Å². The van der Waals surface area contributed by atoms with Crippen molar-refractivity contribution in [2.45, 2.75) is 44.6 Å². The van der Waals surface area contributed by atoms with E-state index in [9.17, 15) is 4.79 Å². The Kier molecular flexibility index (Phi) is 3.43. The van der Waals surface area contributed by atoms with E-state index in [-0.39, 0.29) is 11.4 Å². The first-order valence-corrected chi connectivity index (χ1v) is 6.09. The molecule has 0 atom stereocenters. The monoisotopic (exact) mass is 233 g/mol. The minimum absolute atomic E-state index is 0.0363. The van der Waals surface area contributed by atoms with Gasteiger partial charge in [0.15, 0.2) is 0 Å². The molecule has 4 heteroatoms. The minimum atomic E-state index is -0.297. The van der Waals surface area contributed by atoms with Crippen molar-refractivity contribution < 1.29 is 4.79 Å². The lowest BCUT2D eigenvalue weighted by molar-refractivity contribution is -0.117. The Morgan fingerprint density at radius 2 is 2.18 bits per heavy atom. The molecule has 1 saturated carbocycles. The van der Waals surface area contributed by atoms with Gasteiger partial charge in [-0.2, -0.15) is 0 Å². The predicted octanol–water partition coefficient (Wildman–Crippen LogP) is 1.99. The molecule has 1 aromatic rings.